The Labute approximate surface area is 225 Å². The minimum Gasteiger partial charge on any atom is -0.479 e. The van der Waals surface area contributed by atoms with Gasteiger partial charge in [-0.3, -0.25) is 9.29 Å². The highest BCUT2D eigenvalue weighted by Gasteiger charge is 2.37. The maximum atomic E-state index is 13.6. The van der Waals surface area contributed by atoms with Crippen LogP contribution in [-0.2, 0) is 19.5 Å². The van der Waals surface area contributed by atoms with E-state index >= 15 is 0 Å². The highest BCUT2D eigenvalue weighted by atomic mass is 35.5. The van der Waals surface area contributed by atoms with Crippen LogP contribution in [0.2, 0.25) is 5.02 Å². The molecule has 1 aliphatic carbocycles. The fourth-order valence-corrected chi connectivity index (χ4v) is 5.66. The third kappa shape index (κ3) is 5.50. The number of nitrogens with one attached hydrogen (secondary N) is 1. The van der Waals surface area contributed by atoms with Crippen molar-refractivity contribution in [2.45, 2.75) is 49.6 Å². The van der Waals surface area contributed by atoms with Crippen molar-refractivity contribution in [2.24, 2.45) is 0 Å². The summed E-state index contributed by atoms with van der Waals surface area (Å²) in [6, 6.07) is 0. The summed E-state index contributed by atoms with van der Waals surface area (Å²) in [4.78, 5) is 16.6. The predicted octanol–water partition coefficient (Wildman–Crippen LogP) is 2.32. The minimum atomic E-state index is -4.14. The second-order valence-electron chi connectivity index (χ2n) is 8.59. The highest BCUT2D eigenvalue weighted by Crippen LogP contribution is 2.40. The van der Waals surface area contributed by atoms with Crippen LogP contribution in [0.1, 0.15) is 49.9 Å². The molecule has 0 aromatic carbocycles. The maximum absolute atomic E-state index is 13.6. The van der Waals surface area contributed by atoms with E-state index < -0.39 is 21.4 Å². The first-order valence-corrected chi connectivity index (χ1v) is 13.6. The summed E-state index contributed by atoms with van der Waals surface area (Å²) in [7, 11) is 1.77. The van der Waals surface area contributed by atoms with Crippen LogP contribution in [0, 0.1) is 0 Å². The van der Waals surface area contributed by atoms with Crippen LogP contribution in [0.5, 0.6) is 11.8 Å². The van der Waals surface area contributed by atoms with Crippen molar-refractivity contribution in [3.8, 4) is 17.4 Å². The Balaban J connectivity index is 1.78. The van der Waals surface area contributed by atoms with Crippen molar-refractivity contribution >= 4 is 27.6 Å². The largest absolute Gasteiger partial charge is 0.479 e. The van der Waals surface area contributed by atoms with Gasteiger partial charge >= 0.3 is 0 Å². The number of hydrogen-bond donors (Lipinski definition) is 1. The quantitative estimate of drug-likeness (QED) is 0.359. The van der Waals surface area contributed by atoms with Crippen molar-refractivity contribution in [1.82, 2.24) is 34.7 Å². The number of ether oxygens (including phenoxy) is 4. The van der Waals surface area contributed by atoms with E-state index in [-0.39, 0.29) is 41.2 Å². The topological polar surface area (TPSA) is 165 Å². The fourth-order valence-electron chi connectivity index (χ4n) is 4.43. The Kier molecular flexibility index (Phi) is 8.60. The Morgan fingerprint density at radius 2 is 1.68 bits per heavy atom. The summed E-state index contributed by atoms with van der Waals surface area (Å²) in [5.74, 6) is 0.783. The molecule has 0 spiro atoms. The molecule has 0 radical (unpaired) electrons. The number of rotatable bonds is 11. The standard InChI is InChI=1S/C22H29ClN8O6S/c1-12(17(35-3)18-24-9-14(23)10-25-18)38(32,33)30-22-29-28-19(13-6-7-15(8-13)34-2)31(22)16-20(36-4)26-11-27-21(16)37-5/h9-13,15,17H,6-8H2,1-5H3,(H,29,30)/t12-,13+,15+,17-/m0/s1. The first-order valence-electron chi connectivity index (χ1n) is 11.7. The van der Waals surface area contributed by atoms with Gasteiger partial charge in [-0.15, -0.1) is 10.2 Å². The lowest BCUT2D eigenvalue weighted by Gasteiger charge is -2.23. The summed E-state index contributed by atoms with van der Waals surface area (Å²) in [6.45, 7) is 1.48. The molecule has 1 saturated carbocycles. The number of anilines is 1. The van der Waals surface area contributed by atoms with Gasteiger partial charge in [-0.1, -0.05) is 11.6 Å². The highest BCUT2D eigenvalue weighted by molar-refractivity contribution is 7.93. The normalized spacial score (nSPS) is 19.2. The molecular formula is C22H29ClN8O6S. The lowest BCUT2D eigenvalue weighted by atomic mass is 10.1. The van der Waals surface area contributed by atoms with Crippen molar-refractivity contribution in [3.63, 3.8) is 0 Å². The van der Waals surface area contributed by atoms with Gasteiger partial charge in [0.2, 0.25) is 27.7 Å². The number of methoxy groups -OCH3 is 4. The van der Waals surface area contributed by atoms with Gasteiger partial charge in [0.15, 0.2) is 11.5 Å². The number of halogens is 1. The molecule has 1 fully saturated rings. The van der Waals surface area contributed by atoms with Gasteiger partial charge in [-0.2, -0.15) is 9.97 Å². The first kappa shape index (κ1) is 27.9. The molecule has 3 aromatic rings. The third-order valence-electron chi connectivity index (χ3n) is 6.43. The Hall–Kier alpha value is -3.14. The van der Waals surface area contributed by atoms with Gasteiger partial charge < -0.3 is 18.9 Å². The first-order chi connectivity index (χ1) is 18.2. The average Bonchev–Trinajstić information content (AvgIpc) is 3.56. The van der Waals surface area contributed by atoms with Gasteiger partial charge in [0, 0.05) is 32.5 Å². The van der Waals surface area contributed by atoms with Gasteiger partial charge in [-0.25, -0.2) is 18.4 Å². The molecule has 16 heteroatoms. The van der Waals surface area contributed by atoms with Gasteiger partial charge in [0.25, 0.3) is 0 Å². The molecule has 0 aliphatic heterocycles. The van der Waals surface area contributed by atoms with E-state index in [1.54, 1.807) is 7.11 Å². The van der Waals surface area contributed by atoms with Crippen molar-refractivity contribution in [1.29, 1.82) is 0 Å². The average molecular weight is 569 g/mol. The number of nitrogens with zero attached hydrogens (tertiary/aromatic N) is 7. The molecule has 1 aliphatic rings. The summed E-state index contributed by atoms with van der Waals surface area (Å²) < 4.78 is 53.2. The zero-order valence-corrected chi connectivity index (χ0v) is 23.1. The monoisotopic (exact) mass is 568 g/mol. The zero-order valence-electron chi connectivity index (χ0n) is 21.5. The van der Waals surface area contributed by atoms with E-state index in [0.29, 0.717) is 17.3 Å². The molecule has 0 saturated heterocycles. The van der Waals surface area contributed by atoms with E-state index in [1.165, 1.54) is 51.5 Å². The van der Waals surface area contributed by atoms with Crippen molar-refractivity contribution in [2.75, 3.05) is 33.2 Å². The molecule has 14 nitrogen and oxygen atoms in total. The Morgan fingerprint density at radius 3 is 2.24 bits per heavy atom. The van der Waals surface area contributed by atoms with Gasteiger partial charge in [0.1, 0.15) is 23.5 Å². The molecule has 4 rings (SSSR count). The molecule has 1 N–H and O–H groups in total. The summed E-state index contributed by atoms with van der Waals surface area (Å²) in [6.07, 6.45) is 5.33. The van der Waals surface area contributed by atoms with Crippen LogP contribution in [-0.4, -0.2) is 82.9 Å². The lowest BCUT2D eigenvalue weighted by molar-refractivity contribution is 0.0950. The molecule has 0 unspecified atom stereocenters. The van der Waals surface area contributed by atoms with E-state index in [1.807, 2.05) is 0 Å². The number of hydrogen-bond acceptors (Lipinski definition) is 12. The van der Waals surface area contributed by atoms with Gasteiger partial charge in [-0.05, 0) is 26.2 Å². The van der Waals surface area contributed by atoms with Crippen LogP contribution >= 0.6 is 11.6 Å². The molecule has 38 heavy (non-hydrogen) atoms. The molecule has 3 heterocycles. The van der Waals surface area contributed by atoms with Crippen LogP contribution in [0.25, 0.3) is 5.69 Å². The maximum Gasteiger partial charge on any atom is 0.245 e. The molecule has 3 aromatic heterocycles. The zero-order chi connectivity index (χ0) is 27.4. The van der Waals surface area contributed by atoms with E-state index in [9.17, 15) is 8.42 Å². The number of sulfonamides is 1. The van der Waals surface area contributed by atoms with Crippen molar-refractivity contribution in [3.05, 3.63) is 35.4 Å². The van der Waals surface area contributed by atoms with E-state index in [2.05, 4.69) is 34.9 Å². The SMILES string of the molecule is COc1ncnc(OC)c1-n1c(NS(=O)(=O)[C@@H](C)[C@H](OC)c2ncc(Cl)cn2)nnc1[C@@H]1CC[C@@H](OC)C1. The lowest BCUT2D eigenvalue weighted by Crippen LogP contribution is -2.33. The summed E-state index contributed by atoms with van der Waals surface area (Å²) in [5, 5.41) is 7.74. The smallest absolute Gasteiger partial charge is 0.245 e. The Bertz CT molecular complexity index is 1330. The van der Waals surface area contributed by atoms with Crippen molar-refractivity contribution < 1.29 is 27.4 Å². The van der Waals surface area contributed by atoms with E-state index in [4.69, 9.17) is 30.5 Å². The summed E-state index contributed by atoms with van der Waals surface area (Å²) >= 11 is 5.88. The fraction of sp³-hybridized carbons (Fsp3) is 0.545. The second-order valence-corrected chi connectivity index (χ2v) is 11.1. The molecule has 0 bridgehead atoms. The molecule has 206 valence electrons. The minimum absolute atomic E-state index is 0.0444. The third-order valence-corrected chi connectivity index (χ3v) is 8.32. The van der Waals surface area contributed by atoms with Gasteiger partial charge in [0.05, 0.1) is 25.3 Å². The summed E-state index contributed by atoms with van der Waals surface area (Å²) in [5.41, 5.74) is 0.257. The molecular weight excluding hydrogens is 540 g/mol. The predicted molar refractivity (Wildman–Crippen MR) is 136 cm³/mol. The Morgan fingerprint density at radius 1 is 1.03 bits per heavy atom. The molecule has 4 atom stereocenters. The number of aromatic nitrogens is 7. The molecule has 0 amide bonds. The van der Waals surface area contributed by atoms with Crippen LogP contribution in [0.15, 0.2) is 18.7 Å². The van der Waals surface area contributed by atoms with Crippen LogP contribution in [0.4, 0.5) is 5.95 Å². The van der Waals surface area contributed by atoms with Crippen LogP contribution < -0.4 is 14.2 Å². The van der Waals surface area contributed by atoms with E-state index in [0.717, 1.165) is 12.8 Å². The van der Waals surface area contributed by atoms with Crippen LogP contribution in [0.3, 0.4) is 0 Å². The second kappa shape index (κ2) is 11.7.